The quantitative estimate of drug-likeness (QED) is 0.751. The molecule has 0 aliphatic rings. The first-order valence-electron chi connectivity index (χ1n) is 5.07. The summed E-state index contributed by atoms with van der Waals surface area (Å²) in [6, 6.07) is 8.28. The highest BCUT2D eigenvalue weighted by molar-refractivity contribution is 5.80. The van der Waals surface area contributed by atoms with E-state index in [1.807, 2.05) is 6.07 Å². The summed E-state index contributed by atoms with van der Waals surface area (Å²) in [4.78, 5) is 0. The summed E-state index contributed by atoms with van der Waals surface area (Å²) in [7, 11) is 0. The Kier molecular flexibility index (Phi) is 2.84. The van der Waals surface area contributed by atoms with Crippen LogP contribution < -0.4 is 5.73 Å². The third-order valence-electron chi connectivity index (χ3n) is 2.46. The van der Waals surface area contributed by atoms with Gasteiger partial charge in [-0.25, -0.2) is 0 Å². The topological polar surface area (TPSA) is 39.2 Å². The highest BCUT2D eigenvalue weighted by Crippen LogP contribution is 2.21. The third kappa shape index (κ3) is 1.80. The fourth-order valence-corrected chi connectivity index (χ4v) is 1.71. The van der Waals surface area contributed by atoms with E-state index in [9.17, 15) is 0 Å². The Bertz CT molecular complexity index is 405. The predicted molar refractivity (Wildman–Crippen MR) is 58.2 cm³/mol. The van der Waals surface area contributed by atoms with Gasteiger partial charge in [-0.1, -0.05) is 18.2 Å². The molecule has 2 N–H and O–H groups in total. The minimum atomic E-state index is 0.772. The summed E-state index contributed by atoms with van der Waals surface area (Å²) in [6.45, 7) is 0.772. The second-order valence-corrected chi connectivity index (χ2v) is 3.50. The van der Waals surface area contributed by atoms with Crippen LogP contribution in [0.15, 0.2) is 34.9 Å². The van der Waals surface area contributed by atoms with Crippen molar-refractivity contribution < 1.29 is 4.42 Å². The smallest absolute Gasteiger partial charge is 0.137 e. The molecule has 1 aromatic heterocycles. The van der Waals surface area contributed by atoms with Crippen LogP contribution in [0, 0.1) is 0 Å². The van der Waals surface area contributed by atoms with E-state index in [2.05, 4.69) is 18.2 Å². The first-order valence-corrected chi connectivity index (χ1v) is 5.07. The molecule has 1 heterocycles. The van der Waals surface area contributed by atoms with Gasteiger partial charge >= 0.3 is 0 Å². The van der Waals surface area contributed by atoms with Gasteiger partial charge in [-0.05, 0) is 37.4 Å². The Morgan fingerprint density at radius 3 is 2.93 bits per heavy atom. The summed E-state index contributed by atoms with van der Waals surface area (Å²) in [5, 5.41) is 1.19. The average molecular weight is 189 g/mol. The van der Waals surface area contributed by atoms with Crippen molar-refractivity contribution >= 4 is 11.0 Å². The summed E-state index contributed by atoms with van der Waals surface area (Å²) in [5.74, 6) is 0. The number of hydrogen-bond donors (Lipinski definition) is 1. The Hall–Kier alpha value is -1.28. The molecule has 1 aromatic carbocycles. The van der Waals surface area contributed by atoms with Crippen molar-refractivity contribution in [3.8, 4) is 0 Å². The van der Waals surface area contributed by atoms with Crippen molar-refractivity contribution in [1.29, 1.82) is 0 Å². The van der Waals surface area contributed by atoms with Gasteiger partial charge in [0.15, 0.2) is 0 Å². The number of hydrogen-bond acceptors (Lipinski definition) is 2. The van der Waals surface area contributed by atoms with Crippen LogP contribution in [0.3, 0.4) is 0 Å². The van der Waals surface area contributed by atoms with Crippen molar-refractivity contribution in [3.63, 3.8) is 0 Å². The van der Waals surface area contributed by atoms with Crippen LogP contribution in [0.25, 0.3) is 11.0 Å². The van der Waals surface area contributed by atoms with Gasteiger partial charge in [-0.2, -0.15) is 0 Å². The van der Waals surface area contributed by atoms with Gasteiger partial charge in [-0.3, -0.25) is 0 Å². The minimum absolute atomic E-state index is 0.772. The summed E-state index contributed by atoms with van der Waals surface area (Å²) < 4.78 is 5.45. The lowest BCUT2D eigenvalue weighted by atomic mass is 10.1. The Morgan fingerprint density at radius 1 is 1.14 bits per heavy atom. The lowest BCUT2D eigenvalue weighted by Crippen LogP contribution is -1.99. The molecule has 14 heavy (non-hydrogen) atoms. The van der Waals surface area contributed by atoms with E-state index in [0.29, 0.717) is 0 Å². The van der Waals surface area contributed by atoms with Crippen LogP contribution in [-0.2, 0) is 6.42 Å². The summed E-state index contributed by atoms with van der Waals surface area (Å²) >= 11 is 0. The number of aryl methyl sites for hydroxylation is 1. The Morgan fingerprint density at radius 2 is 2.07 bits per heavy atom. The molecule has 2 rings (SSSR count). The van der Waals surface area contributed by atoms with E-state index < -0.39 is 0 Å². The molecule has 2 heteroatoms. The maximum Gasteiger partial charge on any atom is 0.137 e. The first kappa shape index (κ1) is 9.28. The second kappa shape index (κ2) is 4.29. The number of rotatable bonds is 4. The van der Waals surface area contributed by atoms with Crippen LogP contribution in [0.5, 0.6) is 0 Å². The molecule has 74 valence electrons. The van der Waals surface area contributed by atoms with Crippen LogP contribution >= 0.6 is 0 Å². The van der Waals surface area contributed by atoms with E-state index in [1.54, 1.807) is 6.26 Å². The Balaban J connectivity index is 2.19. The maximum absolute atomic E-state index is 5.46. The molecule has 0 aliphatic carbocycles. The van der Waals surface area contributed by atoms with Crippen molar-refractivity contribution in [2.45, 2.75) is 19.3 Å². The van der Waals surface area contributed by atoms with E-state index in [0.717, 1.165) is 31.4 Å². The van der Waals surface area contributed by atoms with Crippen molar-refractivity contribution in [3.05, 3.63) is 36.1 Å². The van der Waals surface area contributed by atoms with Crippen molar-refractivity contribution in [2.75, 3.05) is 6.54 Å². The first-order chi connectivity index (χ1) is 6.92. The molecule has 0 saturated carbocycles. The molecule has 0 aliphatic heterocycles. The predicted octanol–water partition coefficient (Wildman–Crippen LogP) is 2.71. The van der Waals surface area contributed by atoms with E-state index in [4.69, 9.17) is 10.2 Å². The van der Waals surface area contributed by atoms with Gasteiger partial charge < -0.3 is 10.2 Å². The van der Waals surface area contributed by atoms with Crippen LogP contribution in [0.1, 0.15) is 18.4 Å². The molecule has 2 nitrogen and oxygen atoms in total. The maximum atomic E-state index is 5.46. The van der Waals surface area contributed by atoms with Crippen LogP contribution in [0.2, 0.25) is 0 Å². The summed E-state index contributed by atoms with van der Waals surface area (Å²) in [6.07, 6.45) is 5.02. The molecule has 0 unspecified atom stereocenters. The van der Waals surface area contributed by atoms with Gasteiger partial charge in [0, 0.05) is 5.39 Å². The summed E-state index contributed by atoms with van der Waals surface area (Å²) in [5.41, 5.74) is 7.79. The zero-order chi connectivity index (χ0) is 9.80. The van der Waals surface area contributed by atoms with Gasteiger partial charge in [0.05, 0.1) is 6.26 Å². The molecular weight excluding hydrogens is 174 g/mol. The number of benzene rings is 1. The fraction of sp³-hybridized carbons (Fsp3) is 0.333. The van der Waals surface area contributed by atoms with Gasteiger partial charge in [0.1, 0.15) is 5.58 Å². The SMILES string of the molecule is NCCCCc1cccc2ccoc12. The largest absolute Gasteiger partial charge is 0.464 e. The van der Waals surface area contributed by atoms with E-state index in [1.165, 1.54) is 10.9 Å². The van der Waals surface area contributed by atoms with Gasteiger partial charge in [-0.15, -0.1) is 0 Å². The van der Waals surface area contributed by atoms with Crippen LogP contribution in [0.4, 0.5) is 0 Å². The molecule has 0 amide bonds. The zero-order valence-electron chi connectivity index (χ0n) is 8.20. The molecule has 0 atom stereocenters. The molecule has 0 spiro atoms. The number of furan rings is 1. The monoisotopic (exact) mass is 189 g/mol. The molecule has 2 aromatic rings. The van der Waals surface area contributed by atoms with Crippen molar-refractivity contribution in [1.82, 2.24) is 0 Å². The van der Waals surface area contributed by atoms with E-state index >= 15 is 0 Å². The second-order valence-electron chi connectivity index (χ2n) is 3.50. The standard InChI is InChI=1S/C12H15NO/c13-8-2-1-4-10-5-3-6-11-7-9-14-12(10)11/h3,5-7,9H,1-2,4,8,13H2. The molecule has 0 fully saturated rings. The fourth-order valence-electron chi connectivity index (χ4n) is 1.71. The van der Waals surface area contributed by atoms with Crippen LogP contribution in [-0.4, -0.2) is 6.54 Å². The molecule has 0 bridgehead atoms. The number of para-hydroxylation sites is 1. The highest BCUT2D eigenvalue weighted by Gasteiger charge is 2.02. The van der Waals surface area contributed by atoms with Gasteiger partial charge in [0.25, 0.3) is 0 Å². The third-order valence-corrected chi connectivity index (χ3v) is 2.46. The average Bonchev–Trinajstić information content (AvgIpc) is 2.67. The lowest BCUT2D eigenvalue weighted by molar-refractivity contribution is 0.608. The van der Waals surface area contributed by atoms with Gasteiger partial charge in [0.2, 0.25) is 0 Å². The van der Waals surface area contributed by atoms with Crippen molar-refractivity contribution in [2.24, 2.45) is 5.73 Å². The molecule has 0 saturated heterocycles. The highest BCUT2D eigenvalue weighted by atomic mass is 16.3. The van der Waals surface area contributed by atoms with E-state index in [-0.39, 0.29) is 0 Å². The minimum Gasteiger partial charge on any atom is -0.464 e. The molecular formula is C12H15NO. The molecule has 0 radical (unpaired) electrons. The zero-order valence-corrected chi connectivity index (χ0v) is 8.20. The number of nitrogens with two attached hydrogens (primary N) is 1. The normalized spacial score (nSPS) is 10.9. The lowest BCUT2D eigenvalue weighted by Gasteiger charge is -2.00. The number of unbranched alkanes of at least 4 members (excludes halogenated alkanes) is 1. The number of fused-ring (bicyclic) bond motifs is 1. The Labute approximate surface area is 83.7 Å².